The Kier molecular flexibility index (Phi) is 6.94. The first kappa shape index (κ1) is 21.4. The number of amides is 1. The fourth-order valence-electron chi connectivity index (χ4n) is 3.39. The highest BCUT2D eigenvalue weighted by molar-refractivity contribution is 9.10. The number of carbonyl (C=O) groups is 1. The zero-order valence-electron chi connectivity index (χ0n) is 14.6. The van der Waals surface area contributed by atoms with Crippen molar-refractivity contribution in [1.82, 2.24) is 10.3 Å². The molecular formula is C19H24BrCl2N3O. The van der Waals surface area contributed by atoms with Crippen LogP contribution in [0.4, 0.5) is 0 Å². The van der Waals surface area contributed by atoms with Crippen LogP contribution in [0, 0.1) is 12.8 Å². The Morgan fingerprint density at radius 1 is 1.31 bits per heavy atom. The summed E-state index contributed by atoms with van der Waals surface area (Å²) < 4.78 is 0.958. The minimum atomic E-state index is -0.0315. The molecule has 4 rings (SSSR count). The van der Waals surface area contributed by atoms with Crippen LogP contribution >= 0.6 is 40.7 Å². The molecule has 1 aromatic heterocycles. The van der Waals surface area contributed by atoms with Gasteiger partial charge in [0.05, 0.1) is 11.1 Å². The summed E-state index contributed by atoms with van der Waals surface area (Å²) in [4.78, 5) is 17.8. The third-order valence-corrected chi connectivity index (χ3v) is 5.64. The molecule has 1 atom stereocenters. The number of nitrogens with zero attached hydrogens (tertiary/aromatic N) is 1. The van der Waals surface area contributed by atoms with E-state index in [-0.39, 0.29) is 36.8 Å². The van der Waals surface area contributed by atoms with Crippen LogP contribution in [0.25, 0.3) is 10.9 Å². The molecule has 0 spiro atoms. The Morgan fingerprint density at radius 2 is 2.00 bits per heavy atom. The van der Waals surface area contributed by atoms with Crippen LogP contribution in [0.1, 0.15) is 53.2 Å². The molecule has 2 saturated carbocycles. The first-order chi connectivity index (χ1) is 11.5. The van der Waals surface area contributed by atoms with E-state index in [0.29, 0.717) is 18.4 Å². The summed E-state index contributed by atoms with van der Waals surface area (Å²) in [5.41, 5.74) is 9.88. The topological polar surface area (TPSA) is 68.0 Å². The second-order valence-electron chi connectivity index (χ2n) is 7.14. The fraction of sp³-hybridized carbons (Fsp3) is 0.474. The van der Waals surface area contributed by atoms with Gasteiger partial charge in [0.2, 0.25) is 0 Å². The third-order valence-electron chi connectivity index (χ3n) is 5.14. The number of nitrogens with two attached hydrogens (primary N) is 1. The number of hydrogen-bond acceptors (Lipinski definition) is 3. The van der Waals surface area contributed by atoms with E-state index in [4.69, 9.17) is 10.7 Å². The first-order valence-electron chi connectivity index (χ1n) is 8.68. The van der Waals surface area contributed by atoms with Crippen LogP contribution in [-0.2, 0) is 0 Å². The normalized spacial score (nSPS) is 17.2. The summed E-state index contributed by atoms with van der Waals surface area (Å²) in [5.74, 6) is 1.06. The molecule has 2 aliphatic rings. The number of hydrogen-bond donors (Lipinski definition) is 2. The van der Waals surface area contributed by atoms with Crippen molar-refractivity contribution in [2.24, 2.45) is 11.7 Å². The summed E-state index contributed by atoms with van der Waals surface area (Å²) in [6, 6.07) is 6.02. The molecule has 4 nitrogen and oxygen atoms in total. The second-order valence-corrected chi connectivity index (χ2v) is 8.06. The molecule has 0 bridgehead atoms. The van der Waals surface area contributed by atoms with Gasteiger partial charge in [-0.15, -0.1) is 24.8 Å². The summed E-state index contributed by atoms with van der Waals surface area (Å²) in [6.07, 6.45) is 4.72. The van der Waals surface area contributed by atoms with Crippen molar-refractivity contribution in [1.29, 1.82) is 0 Å². The van der Waals surface area contributed by atoms with E-state index in [1.807, 2.05) is 25.1 Å². The fourth-order valence-corrected chi connectivity index (χ4v) is 3.75. The van der Waals surface area contributed by atoms with Gasteiger partial charge in [-0.2, -0.15) is 0 Å². The number of aromatic nitrogens is 1. The SMILES string of the molecule is Cc1c(C2CC2)nc2ccc(Br)cc2c1C(=O)NCC(N)C1CC1.Cl.Cl. The molecule has 2 fully saturated rings. The van der Waals surface area contributed by atoms with Gasteiger partial charge in [-0.1, -0.05) is 15.9 Å². The minimum absolute atomic E-state index is 0. The lowest BCUT2D eigenvalue weighted by Crippen LogP contribution is -2.39. The van der Waals surface area contributed by atoms with Crippen molar-refractivity contribution in [2.45, 2.75) is 44.6 Å². The van der Waals surface area contributed by atoms with Crippen molar-refractivity contribution in [3.63, 3.8) is 0 Å². The van der Waals surface area contributed by atoms with Crippen molar-refractivity contribution >= 4 is 57.6 Å². The highest BCUT2D eigenvalue weighted by atomic mass is 79.9. The zero-order valence-corrected chi connectivity index (χ0v) is 17.8. The molecule has 3 N–H and O–H groups in total. The summed E-state index contributed by atoms with van der Waals surface area (Å²) in [5, 5.41) is 3.96. The number of carbonyl (C=O) groups excluding carboxylic acids is 1. The second kappa shape index (κ2) is 8.42. The molecule has 0 saturated heterocycles. The molecule has 2 aliphatic carbocycles. The first-order valence-corrected chi connectivity index (χ1v) is 9.47. The Morgan fingerprint density at radius 3 is 2.62 bits per heavy atom. The van der Waals surface area contributed by atoms with Gasteiger partial charge in [0.25, 0.3) is 5.91 Å². The molecule has 0 radical (unpaired) electrons. The molecule has 1 unspecified atom stereocenters. The Balaban J connectivity index is 0.00000121. The van der Waals surface area contributed by atoms with Crippen LogP contribution in [0.5, 0.6) is 0 Å². The molecule has 0 aliphatic heterocycles. The number of nitrogens with one attached hydrogen (secondary N) is 1. The van der Waals surface area contributed by atoms with Crippen LogP contribution in [0.2, 0.25) is 0 Å². The zero-order chi connectivity index (χ0) is 16.8. The number of halogens is 3. The number of fused-ring (bicyclic) bond motifs is 1. The van der Waals surface area contributed by atoms with Gasteiger partial charge in [0, 0.05) is 34.1 Å². The minimum Gasteiger partial charge on any atom is -0.350 e. The van der Waals surface area contributed by atoms with Gasteiger partial charge in [-0.3, -0.25) is 9.78 Å². The van der Waals surface area contributed by atoms with E-state index >= 15 is 0 Å². The van der Waals surface area contributed by atoms with Gasteiger partial charge in [-0.05, 0) is 62.3 Å². The average Bonchev–Trinajstić information content (AvgIpc) is 3.44. The van der Waals surface area contributed by atoms with Crippen molar-refractivity contribution in [2.75, 3.05) is 6.54 Å². The number of rotatable bonds is 5. The van der Waals surface area contributed by atoms with E-state index in [2.05, 4.69) is 21.2 Å². The monoisotopic (exact) mass is 459 g/mol. The van der Waals surface area contributed by atoms with Crippen LogP contribution in [-0.4, -0.2) is 23.5 Å². The summed E-state index contributed by atoms with van der Waals surface area (Å²) in [6.45, 7) is 2.57. The lowest BCUT2D eigenvalue weighted by atomic mass is 9.98. The quantitative estimate of drug-likeness (QED) is 0.690. The molecule has 26 heavy (non-hydrogen) atoms. The van der Waals surface area contributed by atoms with E-state index in [9.17, 15) is 4.79 Å². The summed E-state index contributed by atoms with van der Waals surface area (Å²) in [7, 11) is 0. The van der Waals surface area contributed by atoms with Gasteiger partial charge in [0.15, 0.2) is 0 Å². The maximum atomic E-state index is 12.9. The van der Waals surface area contributed by atoms with Crippen molar-refractivity contribution < 1.29 is 4.79 Å². The third kappa shape index (κ3) is 4.33. The molecular weight excluding hydrogens is 437 g/mol. The molecule has 1 aromatic carbocycles. The highest BCUT2D eigenvalue weighted by Gasteiger charge is 2.31. The van der Waals surface area contributed by atoms with Crippen LogP contribution in [0.15, 0.2) is 22.7 Å². The van der Waals surface area contributed by atoms with Crippen molar-refractivity contribution in [3.05, 3.63) is 39.5 Å². The number of benzene rings is 1. The predicted octanol–water partition coefficient (Wildman–Crippen LogP) is 4.49. The van der Waals surface area contributed by atoms with E-state index in [1.165, 1.54) is 25.7 Å². The van der Waals surface area contributed by atoms with Gasteiger partial charge >= 0.3 is 0 Å². The van der Waals surface area contributed by atoms with Crippen LogP contribution in [0.3, 0.4) is 0 Å². The lowest BCUT2D eigenvalue weighted by Gasteiger charge is -2.16. The molecule has 7 heteroatoms. The van der Waals surface area contributed by atoms with E-state index < -0.39 is 0 Å². The maximum absolute atomic E-state index is 12.9. The smallest absolute Gasteiger partial charge is 0.252 e. The molecule has 142 valence electrons. The number of pyridine rings is 1. The molecule has 1 heterocycles. The largest absolute Gasteiger partial charge is 0.350 e. The van der Waals surface area contributed by atoms with E-state index in [1.54, 1.807) is 0 Å². The van der Waals surface area contributed by atoms with Gasteiger partial charge in [-0.25, -0.2) is 0 Å². The van der Waals surface area contributed by atoms with Gasteiger partial charge in [0.1, 0.15) is 0 Å². The van der Waals surface area contributed by atoms with E-state index in [0.717, 1.165) is 32.2 Å². The Bertz CT molecular complexity index is 822. The predicted molar refractivity (Wildman–Crippen MR) is 114 cm³/mol. The average molecular weight is 461 g/mol. The standard InChI is InChI=1S/C19H22BrN3O.2ClH/c1-10-17(19(24)22-9-15(21)11-2-3-11)14-8-13(20)6-7-16(14)23-18(10)12-4-5-12;;/h6-8,11-12,15H,2-5,9,21H2,1H3,(H,22,24);2*1H. The molecule has 2 aromatic rings. The Labute approximate surface area is 174 Å². The highest BCUT2D eigenvalue weighted by Crippen LogP contribution is 2.42. The van der Waals surface area contributed by atoms with Crippen LogP contribution < -0.4 is 11.1 Å². The van der Waals surface area contributed by atoms with Crippen molar-refractivity contribution in [3.8, 4) is 0 Å². The molecule has 1 amide bonds. The Hall–Kier alpha value is -0.880. The van der Waals surface area contributed by atoms with Gasteiger partial charge < -0.3 is 11.1 Å². The maximum Gasteiger partial charge on any atom is 0.252 e. The lowest BCUT2D eigenvalue weighted by molar-refractivity contribution is 0.0951. The summed E-state index contributed by atoms with van der Waals surface area (Å²) >= 11 is 3.51.